The van der Waals surface area contributed by atoms with Crippen LogP contribution in [0.4, 0.5) is 22.0 Å². The van der Waals surface area contributed by atoms with Crippen LogP contribution in [0.1, 0.15) is 15.9 Å². The van der Waals surface area contributed by atoms with Gasteiger partial charge >= 0.3 is 5.63 Å². The van der Waals surface area contributed by atoms with E-state index in [0.29, 0.717) is 10.8 Å². The molecule has 0 spiro atoms. The lowest BCUT2D eigenvalue weighted by Crippen LogP contribution is -2.20. The van der Waals surface area contributed by atoms with E-state index < -0.39 is 57.4 Å². The van der Waals surface area contributed by atoms with Crippen molar-refractivity contribution in [2.75, 3.05) is 0 Å². The largest absolute Gasteiger partial charge is 0.506 e. The summed E-state index contributed by atoms with van der Waals surface area (Å²) in [4.78, 5) is 24.8. The third-order valence-corrected chi connectivity index (χ3v) is 4.43. The predicted octanol–water partition coefficient (Wildman–Crippen LogP) is 4.58. The lowest BCUT2D eigenvalue weighted by atomic mass is 9.99. The van der Waals surface area contributed by atoms with E-state index in [2.05, 4.69) is 0 Å². The van der Waals surface area contributed by atoms with Gasteiger partial charge in [-0.1, -0.05) is 30.3 Å². The molecule has 29 heavy (non-hydrogen) atoms. The molecular weight excluding hydrogens is 399 g/mol. The Labute approximate surface area is 157 Å². The molecular formula is C20H7F5O4. The van der Waals surface area contributed by atoms with E-state index in [1.165, 1.54) is 12.1 Å². The first kappa shape index (κ1) is 18.6. The summed E-state index contributed by atoms with van der Waals surface area (Å²) >= 11 is 0. The molecule has 3 aromatic carbocycles. The number of aromatic hydroxyl groups is 1. The fraction of sp³-hybridized carbons (Fsp3) is 0. The number of carbonyl (C=O) groups excluding carboxylic acids is 1. The van der Waals surface area contributed by atoms with Gasteiger partial charge in [0.2, 0.25) is 11.6 Å². The Balaban J connectivity index is 2.05. The molecule has 1 heterocycles. The van der Waals surface area contributed by atoms with E-state index >= 15 is 0 Å². The zero-order chi connectivity index (χ0) is 21.0. The van der Waals surface area contributed by atoms with Crippen LogP contribution in [0.5, 0.6) is 5.75 Å². The van der Waals surface area contributed by atoms with E-state index in [9.17, 15) is 36.6 Å². The van der Waals surface area contributed by atoms with E-state index in [-0.39, 0.29) is 11.0 Å². The van der Waals surface area contributed by atoms with Gasteiger partial charge in [-0.15, -0.1) is 0 Å². The second-order valence-electron chi connectivity index (χ2n) is 6.05. The van der Waals surface area contributed by atoms with Crippen molar-refractivity contribution in [1.29, 1.82) is 0 Å². The summed E-state index contributed by atoms with van der Waals surface area (Å²) in [6.45, 7) is 0. The lowest BCUT2D eigenvalue weighted by Gasteiger charge is -2.10. The molecule has 0 radical (unpaired) electrons. The summed E-state index contributed by atoms with van der Waals surface area (Å²) in [6.07, 6.45) is 0. The number of halogens is 5. The smallest absolute Gasteiger partial charge is 0.351 e. The zero-order valence-corrected chi connectivity index (χ0v) is 14.0. The van der Waals surface area contributed by atoms with E-state index in [1.807, 2.05) is 0 Å². The van der Waals surface area contributed by atoms with Crippen LogP contribution in [-0.2, 0) is 0 Å². The zero-order valence-electron chi connectivity index (χ0n) is 14.0. The number of hydrogen-bond acceptors (Lipinski definition) is 4. The van der Waals surface area contributed by atoms with Gasteiger partial charge in [-0.25, -0.2) is 26.7 Å². The monoisotopic (exact) mass is 406 g/mol. The van der Waals surface area contributed by atoms with Crippen molar-refractivity contribution >= 4 is 27.5 Å². The molecule has 0 aliphatic carbocycles. The number of carbonyl (C=O) groups is 1. The average Bonchev–Trinajstić information content (AvgIpc) is 2.71. The van der Waals surface area contributed by atoms with Gasteiger partial charge in [0.15, 0.2) is 28.8 Å². The molecule has 1 N–H and O–H groups in total. The molecule has 4 nitrogen and oxygen atoms in total. The van der Waals surface area contributed by atoms with Gasteiger partial charge in [-0.3, -0.25) is 4.79 Å². The van der Waals surface area contributed by atoms with Crippen molar-refractivity contribution in [3.8, 4) is 5.75 Å². The summed E-state index contributed by atoms with van der Waals surface area (Å²) in [6, 6.07) is 9.36. The van der Waals surface area contributed by atoms with Crippen molar-refractivity contribution in [2.45, 2.75) is 0 Å². The summed E-state index contributed by atoms with van der Waals surface area (Å²) < 4.78 is 73.1. The van der Waals surface area contributed by atoms with Crippen LogP contribution in [0.3, 0.4) is 0 Å². The molecule has 0 bridgehead atoms. The number of ketones is 1. The maximum atomic E-state index is 14.0. The fourth-order valence-corrected chi connectivity index (χ4v) is 3.04. The van der Waals surface area contributed by atoms with Crippen LogP contribution in [-0.4, -0.2) is 10.9 Å². The van der Waals surface area contributed by atoms with Gasteiger partial charge < -0.3 is 9.52 Å². The minimum absolute atomic E-state index is 0.112. The summed E-state index contributed by atoms with van der Waals surface area (Å²) in [5.41, 5.74) is -4.74. The Morgan fingerprint density at radius 3 is 2.00 bits per heavy atom. The minimum Gasteiger partial charge on any atom is -0.506 e. The van der Waals surface area contributed by atoms with E-state index in [4.69, 9.17) is 4.42 Å². The predicted molar refractivity (Wildman–Crippen MR) is 91.3 cm³/mol. The van der Waals surface area contributed by atoms with Crippen molar-refractivity contribution in [3.05, 3.63) is 87.0 Å². The van der Waals surface area contributed by atoms with Crippen LogP contribution in [0, 0.1) is 29.1 Å². The first-order chi connectivity index (χ1) is 13.7. The molecule has 0 aliphatic rings. The molecule has 4 aromatic rings. The van der Waals surface area contributed by atoms with Gasteiger partial charge in [0.05, 0.1) is 5.39 Å². The summed E-state index contributed by atoms with van der Waals surface area (Å²) in [5, 5.41) is 11.3. The van der Waals surface area contributed by atoms with Crippen LogP contribution in [0.25, 0.3) is 21.7 Å². The van der Waals surface area contributed by atoms with Gasteiger partial charge in [-0.05, 0) is 11.5 Å². The Kier molecular flexibility index (Phi) is 4.11. The Bertz CT molecular complexity index is 1380. The number of benzene rings is 3. The Morgan fingerprint density at radius 2 is 1.34 bits per heavy atom. The molecule has 0 saturated heterocycles. The first-order valence-electron chi connectivity index (χ1n) is 7.97. The topological polar surface area (TPSA) is 67.5 Å². The van der Waals surface area contributed by atoms with Crippen molar-refractivity contribution < 1.29 is 36.3 Å². The summed E-state index contributed by atoms with van der Waals surface area (Å²) in [5.74, 6) is -14.9. The van der Waals surface area contributed by atoms with Crippen LogP contribution >= 0.6 is 0 Å². The first-order valence-corrected chi connectivity index (χ1v) is 7.97. The highest BCUT2D eigenvalue weighted by molar-refractivity contribution is 6.15. The standard InChI is InChI=1S/C20H7F5O4/c21-12-10(13(22)15(24)16(25)14(12)23)18(27)11-17(26)9-6-5-7-3-1-2-4-8(7)19(9)29-20(11)28/h1-6,26H. The fourth-order valence-electron chi connectivity index (χ4n) is 3.04. The average molecular weight is 406 g/mol. The van der Waals surface area contributed by atoms with E-state index in [1.54, 1.807) is 24.3 Å². The molecule has 0 atom stereocenters. The van der Waals surface area contributed by atoms with Gasteiger partial charge in [-0.2, -0.15) is 0 Å². The van der Waals surface area contributed by atoms with Crippen LogP contribution in [0.15, 0.2) is 45.6 Å². The number of hydrogen-bond donors (Lipinski definition) is 1. The maximum absolute atomic E-state index is 14.0. The van der Waals surface area contributed by atoms with Crippen molar-refractivity contribution in [3.63, 3.8) is 0 Å². The van der Waals surface area contributed by atoms with Crippen LogP contribution < -0.4 is 5.63 Å². The number of fused-ring (bicyclic) bond motifs is 3. The highest BCUT2D eigenvalue weighted by Gasteiger charge is 2.33. The van der Waals surface area contributed by atoms with E-state index in [0.717, 1.165) is 0 Å². The molecule has 1 aromatic heterocycles. The van der Waals surface area contributed by atoms with Crippen molar-refractivity contribution in [2.24, 2.45) is 0 Å². The molecule has 0 unspecified atom stereocenters. The minimum atomic E-state index is -2.46. The Morgan fingerprint density at radius 1 is 0.759 bits per heavy atom. The molecule has 0 aliphatic heterocycles. The lowest BCUT2D eigenvalue weighted by molar-refractivity contribution is 0.102. The van der Waals surface area contributed by atoms with Crippen molar-refractivity contribution in [1.82, 2.24) is 0 Å². The van der Waals surface area contributed by atoms with Crippen LogP contribution in [0.2, 0.25) is 0 Å². The normalized spacial score (nSPS) is 11.3. The SMILES string of the molecule is O=C(c1c(F)c(F)c(F)c(F)c1F)c1c(O)c2ccc3ccccc3c2oc1=O. The molecule has 0 fully saturated rings. The van der Waals surface area contributed by atoms with Gasteiger partial charge in [0.25, 0.3) is 0 Å². The third-order valence-electron chi connectivity index (χ3n) is 4.43. The molecule has 9 heteroatoms. The summed E-state index contributed by atoms with van der Waals surface area (Å²) in [7, 11) is 0. The second kappa shape index (κ2) is 6.40. The maximum Gasteiger partial charge on any atom is 0.351 e. The number of rotatable bonds is 2. The highest BCUT2D eigenvalue weighted by atomic mass is 19.2. The molecule has 0 amide bonds. The molecule has 0 saturated carbocycles. The Hall–Kier alpha value is -3.75. The third kappa shape index (κ3) is 2.58. The van der Waals surface area contributed by atoms with Gasteiger partial charge in [0.1, 0.15) is 16.9 Å². The van der Waals surface area contributed by atoms with Gasteiger partial charge in [0, 0.05) is 5.39 Å². The second-order valence-corrected chi connectivity index (χ2v) is 6.05. The molecule has 4 rings (SSSR count). The highest BCUT2D eigenvalue weighted by Crippen LogP contribution is 2.34. The quantitative estimate of drug-likeness (QED) is 0.132. The molecule has 146 valence electrons.